The number of nitriles is 1. The van der Waals surface area contributed by atoms with E-state index in [1.165, 1.54) is 4.90 Å². The summed E-state index contributed by atoms with van der Waals surface area (Å²) < 4.78 is 13.2. The smallest absolute Gasteiger partial charge is 0.257 e. The molecule has 1 N–H and O–H groups in total. The summed E-state index contributed by atoms with van der Waals surface area (Å²) in [6.45, 7) is 4.01. The molecule has 0 aliphatic carbocycles. The van der Waals surface area contributed by atoms with Crippen molar-refractivity contribution in [2.24, 2.45) is 0 Å². The average Bonchev–Trinajstić information content (AvgIpc) is 2.38. The predicted molar refractivity (Wildman–Crippen MR) is 70.1 cm³/mol. The average molecular weight is 264 g/mol. The first-order valence-corrected chi connectivity index (χ1v) is 6.02. The molecule has 0 bridgehead atoms. The molecular formula is C13H17FN4O. The number of nitrogens with one attached hydrogen (secondary N) is 1. The second-order valence-electron chi connectivity index (χ2n) is 4.30. The van der Waals surface area contributed by atoms with Gasteiger partial charge in [-0.1, -0.05) is 0 Å². The number of rotatable bonds is 5. The summed E-state index contributed by atoms with van der Waals surface area (Å²) in [4.78, 5) is 17.8. The molecule has 0 atom stereocenters. The van der Waals surface area contributed by atoms with Crippen molar-refractivity contribution in [3.8, 4) is 6.07 Å². The molecular weight excluding hydrogens is 247 g/mol. The van der Waals surface area contributed by atoms with E-state index in [0.717, 1.165) is 12.3 Å². The Hall–Kier alpha value is -2.16. The van der Waals surface area contributed by atoms with Gasteiger partial charge in [0.2, 0.25) is 0 Å². The first-order chi connectivity index (χ1) is 9.01. The molecule has 0 unspecified atom stereocenters. The Balaban J connectivity index is 3.09. The van der Waals surface area contributed by atoms with Gasteiger partial charge in [0.1, 0.15) is 11.6 Å². The van der Waals surface area contributed by atoms with Gasteiger partial charge in [0.25, 0.3) is 5.91 Å². The van der Waals surface area contributed by atoms with Crippen LogP contribution < -0.4 is 5.32 Å². The third kappa shape index (κ3) is 3.65. The van der Waals surface area contributed by atoms with E-state index in [9.17, 15) is 9.18 Å². The Bertz CT molecular complexity index is 496. The zero-order valence-corrected chi connectivity index (χ0v) is 11.3. The van der Waals surface area contributed by atoms with Crippen molar-refractivity contribution in [1.29, 1.82) is 5.26 Å². The molecule has 0 saturated carbocycles. The molecule has 0 radical (unpaired) electrons. The monoisotopic (exact) mass is 264 g/mol. The highest BCUT2D eigenvalue weighted by atomic mass is 19.1. The molecule has 6 heteroatoms. The van der Waals surface area contributed by atoms with E-state index < -0.39 is 5.82 Å². The quantitative estimate of drug-likeness (QED) is 0.883. The fourth-order valence-corrected chi connectivity index (χ4v) is 1.72. The van der Waals surface area contributed by atoms with Crippen molar-refractivity contribution in [2.75, 3.05) is 18.9 Å². The molecule has 19 heavy (non-hydrogen) atoms. The molecule has 0 saturated heterocycles. The van der Waals surface area contributed by atoms with Crippen LogP contribution in [-0.4, -0.2) is 35.4 Å². The van der Waals surface area contributed by atoms with Gasteiger partial charge in [-0.3, -0.25) is 4.79 Å². The van der Waals surface area contributed by atoms with Crippen LogP contribution in [0.3, 0.4) is 0 Å². The van der Waals surface area contributed by atoms with Crippen LogP contribution in [0.5, 0.6) is 0 Å². The molecule has 1 rings (SSSR count). The lowest BCUT2D eigenvalue weighted by molar-refractivity contribution is 0.0710. The minimum atomic E-state index is -0.564. The maximum atomic E-state index is 13.2. The summed E-state index contributed by atoms with van der Waals surface area (Å²) >= 11 is 0. The van der Waals surface area contributed by atoms with Crippen LogP contribution >= 0.6 is 0 Å². The van der Waals surface area contributed by atoms with Gasteiger partial charge < -0.3 is 10.2 Å². The van der Waals surface area contributed by atoms with Crippen LogP contribution in [0.15, 0.2) is 12.3 Å². The maximum Gasteiger partial charge on any atom is 0.257 e. The minimum absolute atomic E-state index is 0.0752. The van der Waals surface area contributed by atoms with Gasteiger partial charge in [0, 0.05) is 19.6 Å². The Morgan fingerprint density at radius 1 is 1.63 bits per heavy atom. The number of aromatic nitrogens is 1. The molecule has 0 fully saturated rings. The van der Waals surface area contributed by atoms with Crippen LogP contribution in [0, 0.1) is 17.1 Å². The molecule has 1 heterocycles. The summed E-state index contributed by atoms with van der Waals surface area (Å²) in [7, 11) is 1.62. The molecule has 0 spiro atoms. The fraction of sp³-hybridized carbons (Fsp3) is 0.462. The standard InChI is InChI=1S/C13H17FN4O/c1-9(2)18(6-4-5-15)13(19)11-7-10(14)8-17-12(11)16-3/h7-9H,4,6H2,1-3H3,(H,16,17). The first-order valence-electron chi connectivity index (χ1n) is 6.02. The van der Waals surface area contributed by atoms with Crippen molar-refractivity contribution in [3.05, 3.63) is 23.6 Å². The van der Waals surface area contributed by atoms with Gasteiger partial charge >= 0.3 is 0 Å². The number of amides is 1. The van der Waals surface area contributed by atoms with E-state index in [0.29, 0.717) is 12.4 Å². The second-order valence-corrected chi connectivity index (χ2v) is 4.30. The van der Waals surface area contributed by atoms with E-state index in [-0.39, 0.29) is 23.9 Å². The highest BCUT2D eigenvalue weighted by molar-refractivity contribution is 5.98. The minimum Gasteiger partial charge on any atom is -0.372 e. The lowest BCUT2D eigenvalue weighted by Crippen LogP contribution is -2.38. The van der Waals surface area contributed by atoms with E-state index in [1.807, 2.05) is 19.9 Å². The number of carbonyl (C=O) groups excluding carboxylic acids is 1. The number of anilines is 1. The van der Waals surface area contributed by atoms with Crippen LogP contribution in [0.1, 0.15) is 30.6 Å². The lowest BCUT2D eigenvalue weighted by atomic mass is 10.2. The third-order valence-electron chi connectivity index (χ3n) is 2.67. The number of nitrogens with zero attached hydrogens (tertiary/aromatic N) is 3. The molecule has 1 amide bonds. The zero-order chi connectivity index (χ0) is 14.4. The number of hydrogen-bond donors (Lipinski definition) is 1. The molecule has 5 nitrogen and oxygen atoms in total. The predicted octanol–water partition coefficient (Wildman–Crippen LogP) is 2.03. The summed E-state index contributed by atoms with van der Waals surface area (Å²) in [5, 5.41) is 11.4. The Labute approximate surface area is 112 Å². The van der Waals surface area contributed by atoms with Crippen molar-refractivity contribution < 1.29 is 9.18 Å². The Kier molecular flexibility index (Phi) is 5.24. The number of hydrogen-bond acceptors (Lipinski definition) is 4. The van der Waals surface area contributed by atoms with Crippen LogP contribution in [0.4, 0.5) is 10.2 Å². The fourth-order valence-electron chi connectivity index (χ4n) is 1.72. The molecule has 1 aromatic rings. The van der Waals surface area contributed by atoms with Gasteiger partial charge in [-0.25, -0.2) is 9.37 Å². The molecule has 0 aliphatic heterocycles. The number of carbonyl (C=O) groups is 1. The normalized spacial score (nSPS) is 10.1. The highest BCUT2D eigenvalue weighted by Gasteiger charge is 2.22. The topological polar surface area (TPSA) is 69.0 Å². The van der Waals surface area contributed by atoms with Crippen molar-refractivity contribution in [3.63, 3.8) is 0 Å². The Morgan fingerprint density at radius 2 is 2.32 bits per heavy atom. The van der Waals surface area contributed by atoms with Crippen LogP contribution in [0.25, 0.3) is 0 Å². The van der Waals surface area contributed by atoms with Crippen molar-refractivity contribution >= 4 is 11.7 Å². The van der Waals surface area contributed by atoms with Gasteiger partial charge in [-0.05, 0) is 19.9 Å². The second kappa shape index (κ2) is 6.69. The van der Waals surface area contributed by atoms with E-state index in [2.05, 4.69) is 10.3 Å². The SMILES string of the molecule is CNc1ncc(F)cc1C(=O)N(CCC#N)C(C)C. The molecule has 0 aromatic carbocycles. The highest BCUT2D eigenvalue weighted by Crippen LogP contribution is 2.17. The van der Waals surface area contributed by atoms with Crippen LogP contribution in [0.2, 0.25) is 0 Å². The first kappa shape index (κ1) is 14.9. The van der Waals surface area contributed by atoms with E-state index in [1.54, 1.807) is 7.05 Å². The molecule has 0 aliphatic rings. The van der Waals surface area contributed by atoms with Gasteiger partial charge in [0.15, 0.2) is 0 Å². The maximum absolute atomic E-state index is 13.2. The molecule has 1 aromatic heterocycles. The summed E-state index contributed by atoms with van der Waals surface area (Å²) in [5.74, 6) is -0.568. The van der Waals surface area contributed by atoms with E-state index in [4.69, 9.17) is 5.26 Å². The van der Waals surface area contributed by atoms with Gasteiger partial charge in [-0.2, -0.15) is 5.26 Å². The zero-order valence-electron chi connectivity index (χ0n) is 11.3. The van der Waals surface area contributed by atoms with Crippen LogP contribution in [-0.2, 0) is 0 Å². The van der Waals surface area contributed by atoms with Gasteiger partial charge in [0.05, 0.1) is 24.3 Å². The number of pyridine rings is 1. The summed E-state index contributed by atoms with van der Waals surface area (Å²) in [6.07, 6.45) is 1.29. The Morgan fingerprint density at radius 3 is 2.84 bits per heavy atom. The van der Waals surface area contributed by atoms with E-state index >= 15 is 0 Å². The lowest BCUT2D eigenvalue weighted by Gasteiger charge is -2.26. The third-order valence-corrected chi connectivity index (χ3v) is 2.67. The largest absolute Gasteiger partial charge is 0.372 e. The molecule has 102 valence electrons. The number of halogens is 1. The van der Waals surface area contributed by atoms with Crippen molar-refractivity contribution in [1.82, 2.24) is 9.88 Å². The van der Waals surface area contributed by atoms with Gasteiger partial charge in [-0.15, -0.1) is 0 Å². The summed E-state index contributed by atoms with van der Waals surface area (Å²) in [5.41, 5.74) is 0.175. The summed E-state index contributed by atoms with van der Waals surface area (Å²) in [6, 6.07) is 3.08. The van der Waals surface area contributed by atoms with Crippen molar-refractivity contribution in [2.45, 2.75) is 26.3 Å².